The van der Waals surface area contributed by atoms with Crippen molar-refractivity contribution in [2.45, 2.75) is 86.8 Å². The summed E-state index contributed by atoms with van der Waals surface area (Å²) in [6.07, 6.45) is 3.97. The summed E-state index contributed by atoms with van der Waals surface area (Å²) in [7, 11) is -1.73. The Morgan fingerprint density at radius 1 is 0.851 bits per heavy atom. The van der Waals surface area contributed by atoms with Gasteiger partial charge in [0.15, 0.2) is 0 Å². The summed E-state index contributed by atoms with van der Waals surface area (Å²) < 4.78 is 23.8. The first-order valence-corrected chi connectivity index (χ1v) is 19.4. The molecular weight excluding hydrogens is 771 g/mol. The van der Waals surface area contributed by atoms with Gasteiger partial charge < -0.3 is 14.4 Å². The van der Waals surface area contributed by atoms with E-state index in [-0.39, 0.29) is 25.5 Å². The van der Waals surface area contributed by atoms with Gasteiger partial charge in [-0.25, -0.2) is 4.98 Å². The molecule has 0 unspecified atom stereocenters. The van der Waals surface area contributed by atoms with Gasteiger partial charge in [0.2, 0.25) is 5.71 Å². The molecule has 6 heteroatoms. The van der Waals surface area contributed by atoms with Gasteiger partial charge in [-0.3, -0.25) is 0 Å². The van der Waals surface area contributed by atoms with Crippen LogP contribution in [0.5, 0.6) is 0 Å². The Labute approximate surface area is 298 Å². The number of hydrogen-bond acceptors (Lipinski definition) is 4. The van der Waals surface area contributed by atoms with Crippen LogP contribution in [-0.4, -0.2) is 23.0 Å². The summed E-state index contributed by atoms with van der Waals surface area (Å²) in [6.45, 7) is 23.5. The molecule has 0 aliphatic carbocycles. The summed E-state index contributed by atoms with van der Waals surface area (Å²) in [6, 6.07) is 24.5. The van der Waals surface area contributed by atoms with E-state index in [1.807, 2.05) is 63.5 Å². The number of fused-ring (bicyclic) bond motifs is 3. The van der Waals surface area contributed by atoms with Crippen molar-refractivity contribution in [2.24, 2.45) is 5.41 Å². The van der Waals surface area contributed by atoms with Gasteiger partial charge in [0, 0.05) is 54.9 Å². The van der Waals surface area contributed by atoms with Crippen LogP contribution < -0.4 is 5.19 Å². The van der Waals surface area contributed by atoms with Crippen LogP contribution in [0.15, 0.2) is 77.6 Å². The number of rotatable bonds is 4. The van der Waals surface area contributed by atoms with Crippen LogP contribution in [-0.2, 0) is 31.9 Å². The maximum Gasteiger partial charge on any atom is 0.216 e. The summed E-state index contributed by atoms with van der Waals surface area (Å²) in [5, 5.41) is 3.39. The Kier molecular flexibility index (Phi) is 9.94. The third-order valence-corrected chi connectivity index (χ3v) is 9.98. The summed E-state index contributed by atoms with van der Waals surface area (Å²) in [5.74, 6) is 0. The molecule has 1 radical (unpaired) electrons. The zero-order valence-corrected chi connectivity index (χ0v) is 32.9. The van der Waals surface area contributed by atoms with E-state index in [1.165, 1.54) is 16.3 Å². The normalized spacial score (nSPS) is 13.0. The van der Waals surface area contributed by atoms with Crippen molar-refractivity contribution in [1.82, 2.24) is 15.0 Å². The van der Waals surface area contributed by atoms with Crippen LogP contribution >= 0.6 is 0 Å². The number of nitrogens with zero attached hydrogens (tertiary/aromatic N) is 3. The molecule has 0 aliphatic rings. The second-order valence-corrected chi connectivity index (χ2v) is 20.2. The molecule has 0 fully saturated rings. The molecule has 0 atom stereocenters. The number of pyridine rings is 3. The SMILES string of the molecule is Cc1cnc(-c2[c-]cccc2)cc1C.[2H]C([2H])(c1ccnc(-c2[c-]cc([Si](C)(C)C)c3c2oc2ncc(C(C)(C)C)cc23)c1)C(C)(C)C.[Ir]. The van der Waals surface area contributed by atoms with E-state index in [9.17, 15) is 0 Å². The largest absolute Gasteiger partial charge is 0.486 e. The van der Waals surface area contributed by atoms with Gasteiger partial charge in [-0.05, 0) is 65.7 Å². The van der Waals surface area contributed by atoms with Crippen LogP contribution in [0.2, 0.25) is 19.6 Å². The summed E-state index contributed by atoms with van der Waals surface area (Å²) >= 11 is 0. The first kappa shape index (κ1) is 33.5. The predicted molar refractivity (Wildman–Crippen MR) is 196 cm³/mol. The van der Waals surface area contributed by atoms with Crippen molar-refractivity contribution in [3.8, 4) is 22.5 Å². The van der Waals surface area contributed by atoms with E-state index in [2.05, 4.69) is 99.5 Å². The third-order valence-electron chi connectivity index (χ3n) is 7.97. The van der Waals surface area contributed by atoms with E-state index in [1.54, 1.807) is 12.3 Å². The zero-order chi connectivity index (χ0) is 35.2. The summed E-state index contributed by atoms with van der Waals surface area (Å²) in [4.78, 5) is 13.7. The Morgan fingerprint density at radius 2 is 1.60 bits per heavy atom. The molecular formula is C41H47IrN3OSi-2. The van der Waals surface area contributed by atoms with E-state index in [4.69, 9.17) is 7.16 Å². The molecule has 0 amide bonds. The topological polar surface area (TPSA) is 51.8 Å². The fourth-order valence-corrected chi connectivity index (χ4v) is 6.81. The van der Waals surface area contributed by atoms with E-state index in [0.717, 1.165) is 38.7 Å². The molecule has 6 rings (SSSR count). The number of benzene rings is 2. The van der Waals surface area contributed by atoms with Gasteiger partial charge >= 0.3 is 0 Å². The first-order chi connectivity index (χ1) is 22.3. The van der Waals surface area contributed by atoms with Crippen LogP contribution in [0.1, 0.15) is 66.5 Å². The first-order valence-electron chi connectivity index (χ1n) is 16.9. The average Bonchev–Trinajstić information content (AvgIpc) is 3.40. The quantitative estimate of drug-likeness (QED) is 0.131. The number of furan rings is 1. The Morgan fingerprint density at radius 3 is 2.21 bits per heavy atom. The van der Waals surface area contributed by atoms with Gasteiger partial charge in [0.1, 0.15) is 0 Å². The Hall–Kier alpha value is -3.44. The molecule has 47 heavy (non-hydrogen) atoms. The van der Waals surface area contributed by atoms with Crippen molar-refractivity contribution in [1.29, 1.82) is 0 Å². The second kappa shape index (κ2) is 14.0. The standard InChI is InChI=1S/C28H35N2OSi.C13H12N.Ir/c1-27(2,3)16-18-12-13-29-22(14-18)20-10-11-23(32(7,8)9)24-21-15-19(28(4,5)6)17-30-26(21)31-25(20)24;1-10-8-13(14-9-11(10)2)12-6-4-3-5-7-12;/h11-15,17H,16H2,1-9H3;3-6,8-9H,1-2H3;/q2*-1;/i16D2;;. The van der Waals surface area contributed by atoms with Crippen molar-refractivity contribution < 1.29 is 27.3 Å². The smallest absolute Gasteiger partial charge is 0.216 e. The van der Waals surface area contributed by atoms with Crippen LogP contribution in [0.25, 0.3) is 44.6 Å². The average molecular weight is 820 g/mol. The number of hydrogen-bond donors (Lipinski definition) is 0. The molecule has 0 N–H and O–H groups in total. The zero-order valence-electron chi connectivity index (χ0n) is 31.5. The predicted octanol–water partition coefficient (Wildman–Crippen LogP) is 10.4. The third kappa shape index (κ3) is 8.54. The minimum Gasteiger partial charge on any atom is -0.486 e. The van der Waals surface area contributed by atoms with Gasteiger partial charge in [0.25, 0.3) is 0 Å². The van der Waals surface area contributed by atoms with Crippen molar-refractivity contribution >= 4 is 35.3 Å². The fourth-order valence-electron chi connectivity index (χ4n) is 5.30. The molecule has 6 aromatic rings. The van der Waals surface area contributed by atoms with Gasteiger partial charge in [-0.2, -0.15) is 0 Å². The maximum atomic E-state index is 8.73. The molecule has 0 aliphatic heterocycles. The van der Waals surface area contributed by atoms with Crippen molar-refractivity contribution in [3.63, 3.8) is 0 Å². The summed E-state index contributed by atoms with van der Waals surface area (Å²) in [5.41, 5.74) is 8.48. The van der Waals surface area contributed by atoms with Gasteiger partial charge in [-0.15, -0.1) is 53.2 Å². The number of aryl methyl sites for hydroxylation is 2. The molecule has 0 saturated carbocycles. The molecule has 0 spiro atoms. The van der Waals surface area contributed by atoms with Crippen molar-refractivity contribution in [2.75, 3.05) is 0 Å². The molecule has 4 heterocycles. The van der Waals surface area contributed by atoms with Gasteiger partial charge in [-0.1, -0.05) is 95.4 Å². The molecule has 0 saturated heterocycles. The van der Waals surface area contributed by atoms with Crippen molar-refractivity contribution in [3.05, 3.63) is 108 Å². The molecule has 0 bridgehead atoms. The minimum absolute atomic E-state index is 0. The van der Waals surface area contributed by atoms with E-state index >= 15 is 0 Å². The van der Waals surface area contributed by atoms with Gasteiger partial charge in [0.05, 0.1) is 5.58 Å². The van der Waals surface area contributed by atoms with E-state index < -0.39 is 19.9 Å². The second-order valence-electron chi connectivity index (χ2n) is 15.2. The Balaban J connectivity index is 0.000000301. The fraction of sp³-hybridized carbons (Fsp3) is 0.341. The Bertz CT molecular complexity index is 2090. The van der Waals surface area contributed by atoms with Crippen LogP contribution in [0, 0.1) is 31.4 Å². The number of aromatic nitrogens is 3. The monoisotopic (exact) mass is 820 g/mol. The maximum absolute atomic E-state index is 8.73. The molecule has 4 aromatic heterocycles. The minimum atomic E-state index is -1.73. The van der Waals surface area contributed by atoms with Crippen LogP contribution in [0.3, 0.4) is 0 Å². The molecule has 247 valence electrons. The van der Waals surface area contributed by atoms with Crippen LogP contribution in [0.4, 0.5) is 0 Å². The van der Waals surface area contributed by atoms with E-state index in [0.29, 0.717) is 17.0 Å². The molecule has 4 nitrogen and oxygen atoms in total. The molecule has 2 aromatic carbocycles.